The Bertz CT molecular complexity index is 1250. The summed E-state index contributed by atoms with van der Waals surface area (Å²) in [7, 11) is 1.98. The number of hydrogen-bond acceptors (Lipinski definition) is 7. The molecule has 10 heteroatoms. The van der Waals surface area contributed by atoms with Gasteiger partial charge in [0.25, 0.3) is 0 Å². The molecule has 8 nitrogen and oxygen atoms in total. The molecule has 2 N–H and O–H groups in total. The Hall–Kier alpha value is -3.27. The fourth-order valence-electron chi connectivity index (χ4n) is 3.71. The van der Waals surface area contributed by atoms with Gasteiger partial charge in [0, 0.05) is 36.4 Å². The predicted molar refractivity (Wildman–Crippen MR) is 140 cm³/mol. The first-order valence-corrected chi connectivity index (χ1v) is 12.2. The van der Waals surface area contributed by atoms with Gasteiger partial charge < -0.3 is 25.0 Å². The van der Waals surface area contributed by atoms with Crippen LogP contribution in [0.5, 0.6) is 5.75 Å². The highest BCUT2D eigenvalue weighted by atomic mass is 35.5. The Morgan fingerprint density at radius 2 is 2.19 bits per heavy atom. The molecule has 0 radical (unpaired) electrons. The van der Waals surface area contributed by atoms with Gasteiger partial charge in [0.05, 0.1) is 22.3 Å². The lowest BCUT2D eigenvalue weighted by Gasteiger charge is -2.17. The maximum absolute atomic E-state index is 13.6. The summed E-state index contributed by atoms with van der Waals surface area (Å²) in [5, 5.41) is 6.71. The van der Waals surface area contributed by atoms with Gasteiger partial charge in [-0.3, -0.25) is 4.79 Å². The van der Waals surface area contributed by atoms with Crippen molar-refractivity contribution in [2.75, 3.05) is 44.0 Å². The molecule has 2 aromatic carbocycles. The maximum Gasteiger partial charge on any atom is 0.248 e. The molecule has 190 valence electrons. The van der Waals surface area contributed by atoms with Crippen LogP contribution >= 0.6 is 11.6 Å². The quantitative estimate of drug-likeness (QED) is 0.361. The van der Waals surface area contributed by atoms with Crippen LogP contribution in [0.3, 0.4) is 0 Å². The van der Waals surface area contributed by atoms with Crippen LogP contribution in [-0.2, 0) is 9.53 Å². The molecule has 0 aliphatic carbocycles. The zero-order valence-corrected chi connectivity index (χ0v) is 21.0. The van der Waals surface area contributed by atoms with Crippen LogP contribution in [0.4, 0.5) is 21.6 Å². The summed E-state index contributed by atoms with van der Waals surface area (Å²) in [6.45, 7) is 4.69. The second-order valence-electron chi connectivity index (χ2n) is 8.53. The molecule has 1 saturated heterocycles. The molecule has 1 unspecified atom stereocenters. The van der Waals surface area contributed by atoms with Gasteiger partial charge in [-0.05, 0) is 50.7 Å². The minimum absolute atomic E-state index is 0.00311. The number of nitrogens with zero attached hydrogens (tertiary/aromatic N) is 3. The maximum atomic E-state index is 13.6. The van der Waals surface area contributed by atoms with Crippen LogP contribution in [0, 0.1) is 5.82 Å². The van der Waals surface area contributed by atoms with Crippen molar-refractivity contribution in [2.45, 2.75) is 25.9 Å². The fourth-order valence-corrected chi connectivity index (χ4v) is 3.89. The standard InChI is InChI=1S/C26H29ClFN5O3/c1-3-33(2)10-4-7-25(34)32-23-13-19-22(14-24(23)36-15-18-6-5-11-35-18)29-16-30-26(19)31-17-8-9-21(28)20(27)12-17/h4,7-9,12-14,16,18H,3,5-6,10-11,15H2,1-2H3,(H,32,34)(H,29,30,31). The lowest BCUT2D eigenvalue weighted by atomic mass is 10.1. The molecular weight excluding hydrogens is 485 g/mol. The van der Waals surface area contributed by atoms with Gasteiger partial charge in [0.1, 0.15) is 30.3 Å². The minimum atomic E-state index is -0.508. The van der Waals surface area contributed by atoms with Crippen molar-refractivity contribution in [3.05, 3.63) is 59.7 Å². The topological polar surface area (TPSA) is 88.6 Å². The lowest BCUT2D eigenvalue weighted by molar-refractivity contribution is -0.111. The average molecular weight is 514 g/mol. The summed E-state index contributed by atoms with van der Waals surface area (Å²) in [6.07, 6.45) is 6.68. The number of anilines is 3. The van der Waals surface area contributed by atoms with E-state index in [1.807, 2.05) is 14.0 Å². The summed E-state index contributed by atoms with van der Waals surface area (Å²) in [5.41, 5.74) is 1.66. The minimum Gasteiger partial charge on any atom is -0.489 e. The number of fused-ring (bicyclic) bond motifs is 1. The normalized spacial score (nSPS) is 15.6. The van der Waals surface area contributed by atoms with Crippen LogP contribution in [0.15, 0.2) is 48.8 Å². The SMILES string of the molecule is CCN(C)CC=CC(=O)Nc1cc2c(Nc3ccc(F)c(Cl)c3)ncnc2cc1OCC1CCCO1. The number of benzene rings is 2. The Kier molecular flexibility index (Phi) is 8.69. The number of rotatable bonds is 10. The summed E-state index contributed by atoms with van der Waals surface area (Å²) < 4.78 is 25.3. The van der Waals surface area contributed by atoms with E-state index in [2.05, 4.69) is 25.5 Å². The highest BCUT2D eigenvalue weighted by Gasteiger charge is 2.19. The van der Waals surface area contributed by atoms with Crippen LogP contribution in [0.1, 0.15) is 19.8 Å². The first kappa shape index (κ1) is 25.8. The Morgan fingerprint density at radius 3 is 2.94 bits per heavy atom. The number of carbonyl (C=O) groups excluding carboxylic acids is 1. The number of amides is 1. The molecule has 1 amide bonds. The number of nitrogens with one attached hydrogen (secondary N) is 2. The van der Waals surface area contributed by atoms with Crippen LogP contribution in [-0.4, -0.2) is 60.2 Å². The molecule has 1 fully saturated rings. The smallest absolute Gasteiger partial charge is 0.248 e. The van der Waals surface area contributed by atoms with Crippen molar-refractivity contribution >= 4 is 45.6 Å². The van der Waals surface area contributed by atoms with Gasteiger partial charge in [-0.2, -0.15) is 0 Å². The van der Waals surface area contributed by atoms with Crippen LogP contribution in [0.2, 0.25) is 5.02 Å². The van der Waals surface area contributed by atoms with Crippen molar-refractivity contribution in [1.29, 1.82) is 0 Å². The van der Waals surface area contributed by atoms with E-state index >= 15 is 0 Å². The molecule has 0 spiro atoms. The largest absolute Gasteiger partial charge is 0.489 e. The molecule has 1 aliphatic rings. The van der Waals surface area contributed by atoms with Crippen molar-refractivity contribution in [3.63, 3.8) is 0 Å². The second kappa shape index (κ2) is 12.1. The molecule has 1 atom stereocenters. The van der Waals surface area contributed by atoms with Crippen LogP contribution < -0.4 is 15.4 Å². The van der Waals surface area contributed by atoms with E-state index in [-0.39, 0.29) is 17.0 Å². The zero-order valence-electron chi connectivity index (χ0n) is 20.3. The van der Waals surface area contributed by atoms with Gasteiger partial charge in [-0.25, -0.2) is 14.4 Å². The summed E-state index contributed by atoms with van der Waals surface area (Å²) >= 11 is 5.93. The molecule has 1 aliphatic heterocycles. The van der Waals surface area contributed by atoms with E-state index < -0.39 is 5.82 Å². The Labute approximate surface area is 214 Å². The first-order chi connectivity index (χ1) is 17.4. The van der Waals surface area contributed by atoms with Gasteiger partial charge in [-0.15, -0.1) is 0 Å². The monoisotopic (exact) mass is 513 g/mol. The van der Waals surface area contributed by atoms with Crippen LogP contribution in [0.25, 0.3) is 10.9 Å². The van der Waals surface area contributed by atoms with Gasteiger partial charge in [0.15, 0.2) is 0 Å². The highest BCUT2D eigenvalue weighted by molar-refractivity contribution is 6.31. The number of likely N-dealkylation sites (N-methyl/N-ethyl adjacent to an activating group) is 1. The van der Waals surface area contributed by atoms with E-state index in [1.54, 1.807) is 24.3 Å². The summed E-state index contributed by atoms with van der Waals surface area (Å²) in [5.74, 6) is 0.173. The molecule has 4 rings (SSSR count). The van der Waals surface area contributed by atoms with Gasteiger partial charge in [0.2, 0.25) is 5.91 Å². The van der Waals surface area contributed by atoms with E-state index in [1.165, 1.54) is 24.5 Å². The molecule has 0 bridgehead atoms. The first-order valence-electron chi connectivity index (χ1n) is 11.8. The molecule has 3 aromatic rings. The number of ether oxygens (including phenoxy) is 2. The second-order valence-corrected chi connectivity index (χ2v) is 8.94. The molecule has 2 heterocycles. The van der Waals surface area contributed by atoms with E-state index in [0.29, 0.717) is 47.0 Å². The van der Waals surface area contributed by atoms with Gasteiger partial charge in [-0.1, -0.05) is 24.6 Å². The summed E-state index contributed by atoms with van der Waals surface area (Å²) in [4.78, 5) is 23.5. The van der Waals surface area contributed by atoms with Crippen molar-refractivity contribution in [3.8, 4) is 5.75 Å². The fraction of sp³-hybridized carbons (Fsp3) is 0.346. The zero-order chi connectivity index (χ0) is 25.5. The van der Waals surface area contributed by atoms with E-state index in [4.69, 9.17) is 21.1 Å². The number of aromatic nitrogens is 2. The average Bonchev–Trinajstić information content (AvgIpc) is 3.39. The number of halogens is 2. The third kappa shape index (κ3) is 6.69. The highest BCUT2D eigenvalue weighted by Crippen LogP contribution is 2.34. The third-order valence-corrected chi connectivity index (χ3v) is 6.14. The molecular formula is C26H29ClFN5O3. The number of hydrogen-bond donors (Lipinski definition) is 2. The summed E-state index contributed by atoms with van der Waals surface area (Å²) in [6, 6.07) is 7.84. The molecule has 1 aromatic heterocycles. The van der Waals surface area contributed by atoms with Crippen molar-refractivity contribution < 1.29 is 18.7 Å². The van der Waals surface area contributed by atoms with Gasteiger partial charge >= 0.3 is 0 Å². The Morgan fingerprint density at radius 1 is 1.33 bits per heavy atom. The molecule has 0 saturated carbocycles. The molecule has 36 heavy (non-hydrogen) atoms. The number of carbonyl (C=O) groups is 1. The van der Waals surface area contributed by atoms with Crippen molar-refractivity contribution in [2.24, 2.45) is 0 Å². The third-order valence-electron chi connectivity index (χ3n) is 5.85. The lowest BCUT2D eigenvalue weighted by Crippen LogP contribution is -2.18. The van der Waals surface area contributed by atoms with E-state index in [9.17, 15) is 9.18 Å². The van der Waals surface area contributed by atoms with E-state index in [0.717, 1.165) is 26.0 Å². The van der Waals surface area contributed by atoms with Crippen molar-refractivity contribution in [1.82, 2.24) is 14.9 Å². The predicted octanol–water partition coefficient (Wildman–Crippen LogP) is 5.17. The Balaban J connectivity index is 1.63.